The average Bonchev–Trinajstić information content (AvgIpc) is 2.78. The van der Waals surface area contributed by atoms with Crippen molar-refractivity contribution in [1.29, 1.82) is 0 Å². The van der Waals surface area contributed by atoms with E-state index in [1.54, 1.807) is 0 Å². The van der Waals surface area contributed by atoms with Crippen LogP contribution in [0.5, 0.6) is 0 Å². The van der Waals surface area contributed by atoms with E-state index >= 15 is 0 Å². The fourth-order valence-electron chi connectivity index (χ4n) is 3.35. The molecule has 0 bridgehead atoms. The Kier molecular flexibility index (Phi) is 2.79. The van der Waals surface area contributed by atoms with Gasteiger partial charge in [0.1, 0.15) is 0 Å². The lowest BCUT2D eigenvalue weighted by Crippen LogP contribution is -2.40. The first-order chi connectivity index (χ1) is 6.21. The van der Waals surface area contributed by atoms with Crippen LogP contribution in [-0.4, -0.2) is 13.1 Å². The van der Waals surface area contributed by atoms with E-state index in [1.807, 2.05) is 0 Å². The third-order valence-electron chi connectivity index (χ3n) is 4.36. The lowest BCUT2D eigenvalue weighted by atomic mass is 10.3. The SMILES string of the molecule is C[Si](O)(C1CCCC1)C1CCCC1. The van der Waals surface area contributed by atoms with Crippen LogP contribution < -0.4 is 0 Å². The van der Waals surface area contributed by atoms with Crippen molar-refractivity contribution in [2.45, 2.75) is 69.0 Å². The van der Waals surface area contributed by atoms with Gasteiger partial charge < -0.3 is 4.80 Å². The first-order valence-corrected chi connectivity index (χ1v) is 8.54. The van der Waals surface area contributed by atoms with Gasteiger partial charge in [0.05, 0.1) is 0 Å². The zero-order valence-corrected chi connectivity index (χ0v) is 9.76. The second kappa shape index (κ2) is 3.74. The lowest BCUT2D eigenvalue weighted by Gasteiger charge is -2.33. The largest absolute Gasteiger partial charge is 0.431 e. The van der Waals surface area contributed by atoms with Crippen LogP contribution in [0.25, 0.3) is 0 Å². The molecule has 0 aromatic heterocycles. The molecule has 2 aliphatic carbocycles. The van der Waals surface area contributed by atoms with Crippen molar-refractivity contribution in [1.82, 2.24) is 0 Å². The van der Waals surface area contributed by atoms with Gasteiger partial charge in [-0.3, -0.25) is 0 Å². The van der Waals surface area contributed by atoms with Crippen LogP contribution >= 0.6 is 0 Å². The number of hydrogen-bond donors (Lipinski definition) is 1. The fraction of sp³-hybridized carbons (Fsp3) is 1.00. The summed E-state index contributed by atoms with van der Waals surface area (Å²) in [6.45, 7) is 2.24. The van der Waals surface area contributed by atoms with Crippen molar-refractivity contribution in [3.63, 3.8) is 0 Å². The Morgan fingerprint density at radius 3 is 1.46 bits per heavy atom. The minimum Gasteiger partial charge on any atom is -0.431 e. The Hall–Kier alpha value is 0.177. The van der Waals surface area contributed by atoms with E-state index in [2.05, 4.69) is 6.55 Å². The Morgan fingerprint density at radius 2 is 1.15 bits per heavy atom. The molecule has 2 rings (SSSR count). The van der Waals surface area contributed by atoms with Gasteiger partial charge >= 0.3 is 0 Å². The lowest BCUT2D eigenvalue weighted by molar-refractivity contribution is 0.479. The summed E-state index contributed by atoms with van der Waals surface area (Å²) in [5, 5.41) is 0. The second-order valence-electron chi connectivity index (χ2n) is 5.19. The molecular formula is C11H22OSi. The molecule has 0 aromatic rings. The molecule has 2 aliphatic rings. The standard InChI is InChI=1S/C11H22OSi/c1-13(12,10-6-2-3-7-10)11-8-4-5-9-11/h10-12H,2-9H2,1H3. The maximum absolute atomic E-state index is 10.7. The summed E-state index contributed by atoms with van der Waals surface area (Å²) < 4.78 is 0. The van der Waals surface area contributed by atoms with Gasteiger partial charge in [-0.25, -0.2) is 0 Å². The highest BCUT2D eigenvalue weighted by atomic mass is 28.4. The topological polar surface area (TPSA) is 20.2 Å². The van der Waals surface area contributed by atoms with E-state index in [0.717, 1.165) is 11.1 Å². The van der Waals surface area contributed by atoms with Crippen LogP contribution in [0, 0.1) is 0 Å². The molecular weight excluding hydrogens is 176 g/mol. The quantitative estimate of drug-likeness (QED) is 0.674. The van der Waals surface area contributed by atoms with Crippen LogP contribution in [0.4, 0.5) is 0 Å². The maximum atomic E-state index is 10.7. The van der Waals surface area contributed by atoms with Gasteiger partial charge in [-0.1, -0.05) is 51.4 Å². The summed E-state index contributed by atoms with van der Waals surface area (Å²) in [4.78, 5) is 10.7. The molecule has 0 spiro atoms. The average molecular weight is 198 g/mol. The summed E-state index contributed by atoms with van der Waals surface area (Å²) in [5.41, 5.74) is 1.49. The van der Waals surface area contributed by atoms with Crippen molar-refractivity contribution in [2.75, 3.05) is 0 Å². The monoisotopic (exact) mass is 198 g/mol. The summed E-state index contributed by atoms with van der Waals surface area (Å²) in [6.07, 6.45) is 10.8. The summed E-state index contributed by atoms with van der Waals surface area (Å²) in [7, 11) is -1.84. The van der Waals surface area contributed by atoms with Crippen molar-refractivity contribution in [3.8, 4) is 0 Å². The first kappa shape index (κ1) is 9.72. The number of hydrogen-bond acceptors (Lipinski definition) is 1. The molecule has 76 valence electrons. The molecule has 0 amide bonds. The zero-order chi connectivity index (χ0) is 9.31. The predicted octanol–water partition coefficient (Wildman–Crippen LogP) is 3.44. The highest BCUT2D eigenvalue weighted by Crippen LogP contribution is 2.48. The van der Waals surface area contributed by atoms with Crippen molar-refractivity contribution < 1.29 is 4.80 Å². The van der Waals surface area contributed by atoms with E-state index in [4.69, 9.17) is 0 Å². The molecule has 13 heavy (non-hydrogen) atoms. The molecule has 1 nitrogen and oxygen atoms in total. The third-order valence-corrected chi connectivity index (χ3v) is 8.82. The van der Waals surface area contributed by atoms with Crippen molar-refractivity contribution in [3.05, 3.63) is 0 Å². The molecule has 0 saturated heterocycles. The molecule has 0 unspecified atom stereocenters. The molecule has 1 N–H and O–H groups in total. The Bertz CT molecular complexity index is 149. The van der Waals surface area contributed by atoms with Crippen LogP contribution in [-0.2, 0) is 0 Å². The first-order valence-electron chi connectivity index (χ1n) is 5.93. The molecule has 0 aromatic carbocycles. The van der Waals surface area contributed by atoms with E-state index in [-0.39, 0.29) is 0 Å². The van der Waals surface area contributed by atoms with Gasteiger partial charge in [0.2, 0.25) is 0 Å². The van der Waals surface area contributed by atoms with Gasteiger partial charge in [0.15, 0.2) is 8.32 Å². The fourth-order valence-corrected chi connectivity index (χ4v) is 7.17. The normalized spacial score (nSPS) is 27.2. The highest BCUT2D eigenvalue weighted by Gasteiger charge is 2.44. The Morgan fingerprint density at radius 1 is 0.846 bits per heavy atom. The second-order valence-corrected chi connectivity index (χ2v) is 9.27. The van der Waals surface area contributed by atoms with Gasteiger partial charge in [-0.2, -0.15) is 0 Å². The van der Waals surface area contributed by atoms with Crippen LogP contribution in [0.1, 0.15) is 51.4 Å². The van der Waals surface area contributed by atoms with Gasteiger partial charge in [0.25, 0.3) is 0 Å². The molecule has 2 saturated carbocycles. The minimum absolute atomic E-state index is 0.746. The maximum Gasteiger partial charge on any atom is 0.191 e. The van der Waals surface area contributed by atoms with E-state index in [0.29, 0.717) is 0 Å². The Labute approximate surface area is 82.7 Å². The van der Waals surface area contributed by atoms with Crippen LogP contribution in [0.2, 0.25) is 17.6 Å². The molecule has 0 radical (unpaired) electrons. The summed E-state index contributed by atoms with van der Waals surface area (Å²) in [6, 6.07) is 0. The molecule has 0 aliphatic heterocycles. The molecule has 2 fully saturated rings. The van der Waals surface area contributed by atoms with E-state index in [9.17, 15) is 4.80 Å². The zero-order valence-electron chi connectivity index (χ0n) is 8.76. The van der Waals surface area contributed by atoms with Gasteiger partial charge in [0, 0.05) is 0 Å². The molecule has 0 heterocycles. The number of rotatable bonds is 2. The summed E-state index contributed by atoms with van der Waals surface area (Å²) >= 11 is 0. The molecule has 0 atom stereocenters. The molecule has 2 heteroatoms. The van der Waals surface area contributed by atoms with Crippen molar-refractivity contribution in [2.24, 2.45) is 0 Å². The minimum atomic E-state index is -1.84. The smallest absolute Gasteiger partial charge is 0.191 e. The Balaban J connectivity index is 1.99. The van der Waals surface area contributed by atoms with Gasteiger partial charge in [-0.15, -0.1) is 0 Å². The van der Waals surface area contributed by atoms with E-state index in [1.165, 1.54) is 51.4 Å². The highest BCUT2D eigenvalue weighted by molar-refractivity contribution is 6.74. The van der Waals surface area contributed by atoms with Gasteiger partial charge in [-0.05, 0) is 17.6 Å². The van der Waals surface area contributed by atoms with E-state index < -0.39 is 8.32 Å². The van der Waals surface area contributed by atoms with Crippen molar-refractivity contribution >= 4 is 8.32 Å². The third kappa shape index (κ3) is 1.84. The van der Waals surface area contributed by atoms with Crippen LogP contribution in [0.15, 0.2) is 0 Å². The predicted molar refractivity (Wildman–Crippen MR) is 58.3 cm³/mol. The summed E-state index contributed by atoms with van der Waals surface area (Å²) in [5.74, 6) is 0. The van der Waals surface area contributed by atoms with Crippen LogP contribution in [0.3, 0.4) is 0 Å².